The summed E-state index contributed by atoms with van der Waals surface area (Å²) in [4.78, 5) is 0. The van der Waals surface area contributed by atoms with Crippen molar-refractivity contribution in [3.63, 3.8) is 0 Å². The average Bonchev–Trinajstić information content (AvgIpc) is 2.19. The smallest absolute Gasteiger partial charge is 0.123 e. The van der Waals surface area contributed by atoms with Crippen LogP contribution < -0.4 is 5.32 Å². The van der Waals surface area contributed by atoms with Crippen LogP contribution in [-0.2, 0) is 4.74 Å². The molecule has 0 spiro atoms. The summed E-state index contributed by atoms with van der Waals surface area (Å²) in [6.45, 7) is 3.51. The van der Waals surface area contributed by atoms with E-state index in [1.54, 1.807) is 6.07 Å². The molecule has 0 unspecified atom stereocenters. The van der Waals surface area contributed by atoms with Gasteiger partial charge in [0.25, 0.3) is 0 Å². The van der Waals surface area contributed by atoms with Gasteiger partial charge in [-0.15, -0.1) is 0 Å². The van der Waals surface area contributed by atoms with Crippen molar-refractivity contribution in [3.05, 3.63) is 35.6 Å². The first-order valence-corrected chi connectivity index (χ1v) is 4.86. The minimum absolute atomic E-state index is 0.0121. The second-order valence-electron chi connectivity index (χ2n) is 3.69. The monoisotopic (exact) mass is 195 g/mol. The van der Waals surface area contributed by atoms with Gasteiger partial charge in [-0.05, 0) is 24.6 Å². The Labute approximate surface area is 83.1 Å². The lowest BCUT2D eigenvalue weighted by molar-refractivity contribution is 0.00680. The van der Waals surface area contributed by atoms with Crippen LogP contribution >= 0.6 is 0 Å². The molecule has 1 heterocycles. The number of ether oxygens (including phenoxy) is 1. The van der Waals surface area contributed by atoms with E-state index in [4.69, 9.17) is 4.74 Å². The zero-order valence-electron chi connectivity index (χ0n) is 8.16. The van der Waals surface area contributed by atoms with E-state index in [9.17, 15) is 4.39 Å². The van der Waals surface area contributed by atoms with Crippen LogP contribution in [-0.4, -0.2) is 19.2 Å². The topological polar surface area (TPSA) is 21.3 Å². The number of hydrogen-bond acceptors (Lipinski definition) is 2. The molecule has 0 aromatic heterocycles. The minimum Gasteiger partial charge on any atom is -0.371 e. The maximum atomic E-state index is 12.9. The lowest BCUT2D eigenvalue weighted by Gasteiger charge is -2.28. The van der Waals surface area contributed by atoms with Crippen LogP contribution in [0.15, 0.2) is 24.3 Å². The van der Waals surface area contributed by atoms with Gasteiger partial charge in [-0.3, -0.25) is 0 Å². The molecule has 3 heteroatoms. The molecule has 1 aliphatic rings. The van der Waals surface area contributed by atoms with Crippen molar-refractivity contribution < 1.29 is 9.13 Å². The number of benzene rings is 1. The van der Waals surface area contributed by atoms with E-state index in [-0.39, 0.29) is 11.9 Å². The lowest BCUT2D eigenvalue weighted by Crippen LogP contribution is -2.40. The molecule has 0 amide bonds. The number of halogens is 1. The summed E-state index contributed by atoms with van der Waals surface area (Å²) in [6, 6.07) is 6.97. The fraction of sp³-hybridized carbons (Fsp3) is 0.455. The molecule has 0 saturated carbocycles. The highest BCUT2D eigenvalue weighted by atomic mass is 19.1. The Kier molecular flexibility index (Phi) is 2.79. The molecule has 1 N–H and O–H groups in total. The second-order valence-corrected chi connectivity index (χ2v) is 3.69. The second kappa shape index (κ2) is 4.07. The summed E-state index contributed by atoms with van der Waals surface area (Å²) in [5, 5.41) is 3.30. The van der Waals surface area contributed by atoms with Crippen molar-refractivity contribution in [2.45, 2.75) is 19.1 Å². The largest absolute Gasteiger partial charge is 0.371 e. The van der Waals surface area contributed by atoms with E-state index in [1.165, 1.54) is 12.1 Å². The van der Waals surface area contributed by atoms with Crippen LogP contribution in [0.2, 0.25) is 0 Å². The highest BCUT2D eigenvalue weighted by Crippen LogP contribution is 2.20. The molecule has 1 aliphatic heterocycles. The summed E-state index contributed by atoms with van der Waals surface area (Å²) in [5.41, 5.74) is 0.907. The molecule has 0 bridgehead atoms. The van der Waals surface area contributed by atoms with Crippen LogP contribution in [0, 0.1) is 5.82 Å². The fourth-order valence-electron chi connectivity index (χ4n) is 1.61. The molecular weight excluding hydrogens is 181 g/mol. The van der Waals surface area contributed by atoms with Crippen LogP contribution in [0.1, 0.15) is 18.6 Å². The van der Waals surface area contributed by atoms with Crippen molar-refractivity contribution in [2.24, 2.45) is 0 Å². The molecule has 76 valence electrons. The van der Waals surface area contributed by atoms with Gasteiger partial charge >= 0.3 is 0 Å². The van der Waals surface area contributed by atoms with Gasteiger partial charge in [0.05, 0.1) is 12.7 Å². The normalized spacial score (nSPS) is 27.6. The Balaban J connectivity index is 2.08. The molecule has 2 atom stereocenters. The van der Waals surface area contributed by atoms with Crippen LogP contribution in [0.3, 0.4) is 0 Å². The number of rotatable bonds is 1. The summed E-state index contributed by atoms with van der Waals surface area (Å²) in [7, 11) is 0. The maximum Gasteiger partial charge on any atom is 0.123 e. The van der Waals surface area contributed by atoms with Crippen molar-refractivity contribution in [2.75, 3.05) is 13.2 Å². The SMILES string of the molecule is C[C@H]1CO[C@H](c2cccc(F)c2)CN1. The van der Waals surface area contributed by atoms with E-state index < -0.39 is 0 Å². The van der Waals surface area contributed by atoms with Crippen molar-refractivity contribution in [1.82, 2.24) is 5.32 Å². The third kappa shape index (κ3) is 2.11. The Bertz CT molecular complexity index is 308. The molecular formula is C11H14FNO. The predicted molar refractivity (Wildman–Crippen MR) is 52.6 cm³/mol. The van der Waals surface area contributed by atoms with Gasteiger partial charge in [0.15, 0.2) is 0 Å². The summed E-state index contributed by atoms with van der Waals surface area (Å²) in [5.74, 6) is -0.204. The van der Waals surface area contributed by atoms with E-state index in [1.807, 2.05) is 6.07 Å². The lowest BCUT2D eigenvalue weighted by atomic mass is 10.1. The Morgan fingerprint density at radius 1 is 1.50 bits per heavy atom. The quantitative estimate of drug-likeness (QED) is 0.738. The fourth-order valence-corrected chi connectivity index (χ4v) is 1.61. The van der Waals surface area contributed by atoms with E-state index >= 15 is 0 Å². The number of hydrogen-bond donors (Lipinski definition) is 1. The number of nitrogens with one attached hydrogen (secondary N) is 1. The predicted octanol–water partition coefficient (Wildman–Crippen LogP) is 1.88. The molecule has 0 aliphatic carbocycles. The van der Waals surface area contributed by atoms with Gasteiger partial charge < -0.3 is 10.1 Å². The molecule has 1 fully saturated rings. The zero-order chi connectivity index (χ0) is 9.97. The summed E-state index contributed by atoms with van der Waals surface area (Å²) >= 11 is 0. The minimum atomic E-state index is -0.204. The van der Waals surface area contributed by atoms with Crippen molar-refractivity contribution >= 4 is 0 Å². The Morgan fingerprint density at radius 3 is 3.00 bits per heavy atom. The molecule has 14 heavy (non-hydrogen) atoms. The van der Waals surface area contributed by atoms with Crippen molar-refractivity contribution in [1.29, 1.82) is 0 Å². The number of morpholine rings is 1. The molecule has 2 nitrogen and oxygen atoms in total. The van der Waals surface area contributed by atoms with Crippen LogP contribution in [0.25, 0.3) is 0 Å². The van der Waals surface area contributed by atoms with Gasteiger partial charge in [0, 0.05) is 12.6 Å². The first kappa shape index (κ1) is 9.62. The van der Waals surface area contributed by atoms with Gasteiger partial charge in [0.2, 0.25) is 0 Å². The molecule has 2 rings (SSSR count). The third-order valence-corrected chi connectivity index (χ3v) is 2.42. The standard InChI is InChI=1S/C11H14FNO/c1-8-7-14-11(6-13-8)9-3-2-4-10(12)5-9/h2-5,8,11,13H,6-7H2,1H3/t8-,11-/m0/s1. The zero-order valence-corrected chi connectivity index (χ0v) is 8.16. The van der Waals surface area contributed by atoms with Crippen LogP contribution in [0.4, 0.5) is 4.39 Å². The Morgan fingerprint density at radius 2 is 2.36 bits per heavy atom. The molecule has 1 aromatic carbocycles. The van der Waals surface area contributed by atoms with Gasteiger partial charge in [0.1, 0.15) is 5.82 Å². The summed E-state index contributed by atoms with van der Waals surface area (Å²) < 4.78 is 18.5. The van der Waals surface area contributed by atoms with Gasteiger partial charge in [-0.2, -0.15) is 0 Å². The molecule has 1 saturated heterocycles. The first-order chi connectivity index (χ1) is 6.75. The third-order valence-electron chi connectivity index (χ3n) is 2.42. The van der Waals surface area contributed by atoms with E-state index in [0.29, 0.717) is 12.6 Å². The van der Waals surface area contributed by atoms with E-state index in [2.05, 4.69) is 12.2 Å². The summed E-state index contributed by atoms with van der Waals surface area (Å²) in [6.07, 6.45) is -0.0121. The average molecular weight is 195 g/mol. The first-order valence-electron chi connectivity index (χ1n) is 4.86. The Hall–Kier alpha value is -0.930. The van der Waals surface area contributed by atoms with Gasteiger partial charge in [-0.1, -0.05) is 12.1 Å². The van der Waals surface area contributed by atoms with Gasteiger partial charge in [-0.25, -0.2) is 4.39 Å². The molecule has 0 radical (unpaired) electrons. The molecule has 1 aromatic rings. The van der Waals surface area contributed by atoms with Crippen LogP contribution in [0.5, 0.6) is 0 Å². The highest BCUT2D eigenvalue weighted by molar-refractivity contribution is 5.19. The van der Waals surface area contributed by atoms with E-state index in [0.717, 1.165) is 12.1 Å². The maximum absolute atomic E-state index is 12.9. The van der Waals surface area contributed by atoms with Crippen molar-refractivity contribution in [3.8, 4) is 0 Å². The highest BCUT2D eigenvalue weighted by Gasteiger charge is 2.19.